The van der Waals surface area contributed by atoms with Crippen molar-refractivity contribution in [3.8, 4) is 5.69 Å². The molecule has 4 rings (SSSR count). The van der Waals surface area contributed by atoms with Gasteiger partial charge in [-0.2, -0.15) is 0 Å². The number of hydrogen-bond acceptors (Lipinski definition) is 0. The van der Waals surface area contributed by atoms with Crippen molar-refractivity contribution in [2.75, 3.05) is 0 Å². The zero-order chi connectivity index (χ0) is 16.4. The minimum Gasteiger partial charge on any atom is -0.127 e. The van der Waals surface area contributed by atoms with Crippen LogP contribution in [-0.2, 0) is 25.8 Å². The minimum atomic E-state index is 1.05. The number of aromatic nitrogens is 2. The van der Waals surface area contributed by atoms with Gasteiger partial charge in [0.15, 0.2) is 12.7 Å². The van der Waals surface area contributed by atoms with E-state index in [0.29, 0.717) is 0 Å². The maximum Gasteiger partial charge on any atom is 0.200 e. The summed E-state index contributed by atoms with van der Waals surface area (Å²) in [5, 5.41) is 0. The standard InChI is InChI=1S/C22H31N2/c1-2-3-4-5-6-7-11-18-16-19-17-23-14-10-15-24(23)22(19)21-13-9-8-12-20(18)21/h10,14-16H,2-9,11-13,17H2,1H3/q+1. The Labute approximate surface area is 146 Å². The molecule has 0 fully saturated rings. The summed E-state index contributed by atoms with van der Waals surface area (Å²) in [7, 11) is 0. The van der Waals surface area contributed by atoms with Crippen molar-refractivity contribution in [3.63, 3.8) is 0 Å². The topological polar surface area (TPSA) is 8.81 Å². The molecule has 0 atom stereocenters. The smallest absolute Gasteiger partial charge is 0.127 e. The number of aryl methyl sites for hydroxylation is 1. The molecular formula is C22H31N2+. The van der Waals surface area contributed by atoms with Gasteiger partial charge in [-0.25, -0.2) is 0 Å². The van der Waals surface area contributed by atoms with Gasteiger partial charge in [-0.3, -0.25) is 0 Å². The van der Waals surface area contributed by atoms with Gasteiger partial charge in [0.05, 0.1) is 6.20 Å². The summed E-state index contributed by atoms with van der Waals surface area (Å²) in [4.78, 5) is 0. The molecule has 1 aromatic carbocycles. The lowest BCUT2D eigenvalue weighted by Crippen LogP contribution is -2.36. The fourth-order valence-corrected chi connectivity index (χ4v) is 4.69. The van der Waals surface area contributed by atoms with Gasteiger partial charge in [-0.15, -0.1) is 9.36 Å². The summed E-state index contributed by atoms with van der Waals surface area (Å²) in [5.74, 6) is 0. The third-order valence-electron chi connectivity index (χ3n) is 5.92. The maximum atomic E-state index is 2.55. The molecule has 0 radical (unpaired) electrons. The Kier molecular flexibility index (Phi) is 4.73. The fourth-order valence-electron chi connectivity index (χ4n) is 4.69. The Balaban J connectivity index is 1.54. The quantitative estimate of drug-likeness (QED) is 0.431. The molecule has 1 aliphatic carbocycles. The maximum absolute atomic E-state index is 2.55. The van der Waals surface area contributed by atoms with Gasteiger partial charge >= 0.3 is 0 Å². The van der Waals surface area contributed by atoms with Gasteiger partial charge < -0.3 is 0 Å². The van der Waals surface area contributed by atoms with Crippen LogP contribution in [0, 0.1) is 0 Å². The highest BCUT2D eigenvalue weighted by molar-refractivity contribution is 5.56. The first kappa shape index (κ1) is 15.9. The van der Waals surface area contributed by atoms with E-state index >= 15 is 0 Å². The average molecular weight is 324 g/mol. The van der Waals surface area contributed by atoms with Crippen molar-refractivity contribution in [1.29, 1.82) is 0 Å². The van der Waals surface area contributed by atoms with Crippen molar-refractivity contribution in [2.45, 2.75) is 84.1 Å². The third-order valence-corrected chi connectivity index (χ3v) is 5.92. The normalized spacial score (nSPS) is 15.2. The van der Waals surface area contributed by atoms with E-state index in [1.54, 1.807) is 22.3 Å². The van der Waals surface area contributed by atoms with Crippen LogP contribution in [0.3, 0.4) is 0 Å². The second-order valence-corrected chi connectivity index (χ2v) is 7.66. The molecule has 128 valence electrons. The summed E-state index contributed by atoms with van der Waals surface area (Å²) >= 11 is 0. The first-order chi connectivity index (χ1) is 11.9. The van der Waals surface area contributed by atoms with Gasteiger partial charge in [0.1, 0.15) is 5.69 Å². The summed E-state index contributed by atoms with van der Waals surface area (Å²) in [6.07, 6.45) is 19.4. The molecule has 2 nitrogen and oxygen atoms in total. The van der Waals surface area contributed by atoms with E-state index in [0.717, 1.165) is 6.54 Å². The van der Waals surface area contributed by atoms with Crippen molar-refractivity contribution in [1.82, 2.24) is 4.68 Å². The number of rotatable bonds is 7. The van der Waals surface area contributed by atoms with Crippen LogP contribution in [0.4, 0.5) is 0 Å². The highest BCUT2D eigenvalue weighted by Crippen LogP contribution is 2.34. The lowest BCUT2D eigenvalue weighted by molar-refractivity contribution is -0.751. The first-order valence-corrected chi connectivity index (χ1v) is 10.1. The molecule has 0 saturated carbocycles. The van der Waals surface area contributed by atoms with Crippen LogP contribution in [0.1, 0.15) is 80.5 Å². The minimum absolute atomic E-state index is 1.05. The Morgan fingerprint density at radius 3 is 2.67 bits per heavy atom. The molecule has 2 heteroatoms. The van der Waals surface area contributed by atoms with Crippen LogP contribution >= 0.6 is 0 Å². The van der Waals surface area contributed by atoms with Crippen LogP contribution in [0.15, 0.2) is 24.5 Å². The highest BCUT2D eigenvalue weighted by Gasteiger charge is 2.30. The molecule has 2 aromatic rings. The SMILES string of the molecule is CCCCCCCCc1cc2c(c3c1CCCC3)-n1ccc[n+]1C2. The summed E-state index contributed by atoms with van der Waals surface area (Å²) in [6, 6.07) is 4.72. The largest absolute Gasteiger partial charge is 0.200 e. The predicted octanol–water partition coefficient (Wildman–Crippen LogP) is 4.91. The molecule has 1 aromatic heterocycles. The Morgan fingerprint density at radius 2 is 1.79 bits per heavy atom. The molecule has 2 heterocycles. The van der Waals surface area contributed by atoms with E-state index in [9.17, 15) is 0 Å². The number of benzene rings is 1. The molecule has 1 aliphatic heterocycles. The van der Waals surface area contributed by atoms with Crippen LogP contribution in [0.25, 0.3) is 5.69 Å². The monoisotopic (exact) mass is 323 g/mol. The molecular weight excluding hydrogens is 292 g/mol. The van der Waals surface area contributed by atoms with Gasteiger partial charge in [0, 0.05) is 11.6 Å². The Bertz CT molecular complexity index is 711. The zero-order valence-corrected chi connectivity index (χ0v) is 15.2. The summed E-state index contributed by atoms with van der Waals surface area (Å²) < 4.78 is 4.74. The van der Waals surface area contributed by atoms with Gasteiger partial charge in [0.25, 0.3) is 0 Å². The van der Waals surface area contributed by atoms with Crippen molar-refractivity contribution in [2.24, 2.45) is 0 Å². The number of hydrogen-bond donors (Lipinski definition) is 0. The summed E-state index contributed by atoms with van der Waals surface area (Å²) in [6.45, 7) is 3.35. The number of nitrogens with zero attached hydrogens (tertiary/aromatic N) is 2. The number of fused-ring (bicyclic) bond motifs is 5. The van der Waals surface area contributed by atoms with E-state index in [2.05, 4.69) is 40.8 Å². The van der Waals surface area contributed by atoms with E-state index in [4.69, 9.17) is 0 Å². The van der Waals surface area contributed by atoms with E-state index < -0.39 is 0 Å². The van der Waals surface area contributed by atoms with Crippen LogP contribution in [-0.4, -0.2) is 4.68 Å². The fraction of sp³-hybridized carbons (Fsp3) is 0.591. The van der Waals surface area contributed by atoms with Crippen molar-refractivity contribution in [3.05, 3.63) is 46.8 Å². The number of unbranched alkanes of at least 4 members (excludes halogenated alkanes) is 5. The molecule has 0 spiro atoms. The van der Waals surface area contributed by atoms with Gasteiger partial charge in [-0.05, 0) is 61.3 Å². The molecule has 0 unspecified atom stereocenters. The Hall–Kier alpha value is -1.57. The molecule has 0 N–H and O–H groups in total. The van der Waals surface area contributed by atoms with Crippen LogP contribution in [0.2, 0.25) is 0 Å². The highest BCUT2D eigenvalue weighted by atomic mass is 15.4. The average Bonchev–Trinajstić information content (AvgIpc) is 3.18. The molecule has 0 bridgehead atoms. The predicted molar refractivity (Wildman–Crippen MR) is 98.8 cm³/mol. The molecule has 0 saturated heterocycles. The van der Waals surface area contributed by atoms with Gasteiger partial charge in [0.2, 0.25) is 0 Å². The molecule has 0 amide bonds. The van der Waals surface area contributed by atoms with Crippen LogP contribution in [0.5, 0.6) is 0 Å². The Morgan fingerprint density at radius 1 is 1.00 bits per heavy atom. The first-order valence-electron chi connectivity index (χ1n) is 10.1. The summed E-state index contributed by atoms with van der Waals surface area (Å²) in [5.41, 5.74) is 8.11. The zero-order valence-electron chi connectivity index (χ0n) is 15.2. The second-order valence-electron chi connectivity index (χ2n) is 7.66. The molecule has 24 heavy (non-hydrogen) atoms. The van der Waals surface area contributed by atoms with E-state index in [-0.39, 0.29) is 0 Å². The second kappa shape index (κ2) is 7.13. The van der Waals surface area contributed by atoms with Crippen LogP contribution < -0.4 is 4.68 Å². The van der Waals surface area contributed by atoms with Crippen molar-refractivity contribution < 1.29 is 4.68 Å². The van der Waals surface area contributed by atoms with Crippen molar-refractivity contribution >= 4 is 0 Å². The third kappa shape index (κ3) is 2.92. The van der Waals surface area contributed by atoms with Gasteiger partial charge in [-0.1, -0.05) is 39.0 Å². The van der Waals surface area contributed by atoms with E-state index in [1.165, 1.54) is 76.3 Å². The lowest BCUT2D eigenvalue weighted by Gasteiger charge is -2.22. The molecule has 2 aliphatic rings. The lowest BCUT2D eigenvalue weighted by atomic mass is 9.83. The van der Waals surface area contributed by atoms with E-state index in [1.807, 2.05) is 0 Å².